The molecule has 0 aromatic heterocycles. The maximum atomic E-state index is 12.5. The van der Waals surface area contributed by atoms with Crippen molar-refractivity contribution in [3.8, 4) is 5.75 Å². The van der Waals surface area contributed by atoms with Crippen LogP contribution >= 0.6 is 11.8 Å². The van der Waals surface area contributed by atoms with Crippen LogP contribution in [0.5, 0.6) is 5.75 Å². The number of piperidine rings is 1. The minimum atomic E-state index is -0.406. The van der Waals surface area contributed by atoms with Crippen molar-refractivity contribution in [1.29, 1.82) is 0 Å². The second kappa shape index (κ2) is 7.74. The Morgan fingerprint density at radius 2 is 1.84 bits per heavy atom. The molecule has 132 valence electrons. The summed E-state index contributed by atoms with van der Waals surface area (Å²) in [7, 11) is 1.58. The highest BCUT2D eigenvalue weighted by molar-refractivity contribution is 8.18. The quantitative estimate of drug-likeness (QED) is 0.773. The number of methoxy groups -OCH3 is 1. The predicted octanol–water partition coefficient (Wildman–Crippen LogP) is 2.74. The Labute approximate surface area is 150 Å². The van der Waals surface area contributed by atoms with Crippen molar-refractivity contribution in [3.05, 3.63) is 34.7 Å². The first kappa shape index (κ1) is 17.5. The Bertz CT molecular complexity index is 708. The number of carbonyl (C=O) groups is 3. The first-order chi connectivity index (χ1) is 12.1. The van der Waals surface area contributed by atoms with Crippen molar-refractivity contribution in [3.63, 3.8) is 0 Å². The van der Waals surface area contributed by atoms with E-state index in [9.17, 15) is 14.4 Å². The SMILES string of the molecule is COc1ccc(/C=C2\SC(=O)N(CC(=O)N3CCCCC3)C2=O)cc1. The molecule has 0 N–H and O–H groups in total. The Morgan fingerprint density at radius 1 is 1.16 bits per heavy atom. The molecule has 1 aromatic carbocycles. The van der Waals surface area contributed by atoms with Gasteiger partial charge in [-0.15, -0.1) is 0 Å². The van der Waals surface area contributed by atoms with E-state index < -0.39 is 11.1 Å². The van der Waals surface area contributed by atoms with E-state index in [-0.39, 0.29) is 12.5 Å². The van der Waals surface area contributed by atoms with Gasteiger partial charge in [-0.3, -0.25) is 19.3 Å². The first-order valence-corrected chi connectivity index (χ1v) is 9.07. The molecule has 25 heavy (non-hydrogen) atoms. The van der Waals surface area contributed by atoms with Crippen molar-refractivity contribution < 1.29 is 19.1 Å². The van der Waals surface area contributed by atoms with Gasteiger partial charge in [0, 0.05) is 13.1 Å². The third kappa shape index (κ3) is 4.04. The van der Waals surface area contributed by atoms with Crippen LogP contribution in [0.2, 0.25) is 0 Å². The fourth-order valence-corrected chi connectivity index (χ4v) is 3.70. The van der Waals surface area contributed by atoms with Gasteiger partial charge in [0.25, 0.3) is 11.1 Å². The molecule has 0 spiro atoms. The van der Waals surface area contributed by atoms with E-state index in [0.717, 1.165) is 47.2 Å². The molecule has 2 aliphatic rings. The van der Waals surface area contributed by atoms with E-state index in [1.165, 1.54) is 0 Å². The number of nitrogens with zero attached hydrogens (tertiary/aromatic N) is 2. The lowest BCUT2D eigenvalue weighted by Gasteiger charge is -2.27. The number of carbonyl (C=O) groups excluding carboxylic acids is 3. The highest BCUT2D eigenvalue weighted by atomic mass is 32.2. The van der Waals surface area contributed by atoms with Crippen molar-refractivity contribution in [2.24, 2.45) is 0 Å². The van der Waals surface area contributed by atoms with Gasteiger partial charge in [-0.25, -0.2) is 0 Å². The molecule has 3 amide bonds. The lowest BCUT2D eigenvalue weighted by atomic mass is 10.1. The maximum Gasteiger partial charge on any atom is 0.294 e. The van der Waals surface area contributed by atoms with Gasteiger partial charge < -0.3 is 9.64 Å². The van der Waals surface area contributed by atoms with Gasteiger partial charge in [-0.1, -0.05) is 12.1 Å². The highest BCUT2D eigenvalue weighted by Gasteiger charge is 2.37. The van der Waals surface area contributed by atoms with Gasteiger partial charge in [-0.2, -0.15) is 0 Å². The summed E-state index contributed by atoms with van der Waals surface area (Å²) in [5, 5.41) is -0.393. The summed E-state index contributed by atoms with van der Waals surface area (Å²) in [5.41, 5.74) is 0.800. The van der Waals surface area contributed by atoms with Crippen molar-refractivity contribution in [2.75, 3.05) is 26.7 Å². The van der Waals surface area contributed by atoms with Crippen LogP contribution in [-0.2, 0) is 9.59 Å². The molecule has 7 heteroatoms. The summed E-state index contributed by atoms with van der Waals surface area (Å²) in [6.45, 7) is 1.23. The van der Waals surface area contributed by atoms with Crippen LogP contribution in [0.4, 0.5) is 4.79 Å². The van der Waals surface area contributed by atoms with Gasteiger partial charge in [-0.05, 0) is 54.8 Å². The van der Waals surface area contributed by atoms with Crippen LogP contribution in [0.1, 0.15) is 24.8 Å². The number of hydrogen-bond acceptors (Lipinski definition) is 5. The summed E-state index contributed by atoms with van der Waals surface area (Å²) in [6.07, 6.45) is 4.74. The van der Waals surface area contributed by atoms with E-state index in [1.54, 1.807) is 30.2 Å². The Balaban J connectivity index is 1.68. The second-order valence-corrected chi connectivity index (χ2v) is 6.98. The van der Waals surface area contributed by atoms with Crippen molar-refractivity contribution in [1.82, 2.24) is 9.80 Å². The minimum absolute atomic E-state index is 0.160. The van der Waals surface area contributed by atoms with Gasteiger partial charge in [0.05, 0.1) is 12.0 Å². The number of benzene rings is 1. The van der Waals surface area contributed by atoms with Crippen LogP contribution in [0, 0.1) is 0 Å². The zero-order chi connectivity index (χ0) is 17.8. The van der Waals surface area contributed by atoms with Gasteiger partial charge in [0.2, 0.25) is 5.91 Å². The topological polar surface area (TPSA) is 66.9 Å². The van der Waals surface area contributed by atoms with Crippen molar-refractivity contribution in [2.45, 2.75) is 19.3 Å². The molecule has 1 aromatic rings. The number of likely N-dealkylation sites (tertiary alicyclic amines) is 1. The first-order valence-electron chi connectivity index (χ1n) is 8.25. The number of thioether (sulfide) groups is 1. The zero-order valence-corrected chi connectivity index (χ0v) is 14.9. The average molecular weight is 360 g/mol. The fraction of sp³-hybridized carbons (Fsp3) is 0.389. The number of rotatable bonds is 4. The van der Waals surface area contributed by atoms with E-state index in [1.807, 2.05) is 12.1 Å². The number of hydrogen-bond donors (Lipinski definition) is 0. The van der Waals surface area contributed by atoms with Gasteiger partial charge in [0.1, 0.15) is 12.3 Å². The smallest absolute Gasteiger partial charge is 0.294 e. The van der Waals surface area contributed by atoms with Gasteiger partial charge in [0.15, 0.2) is 0 Å². The van der Waals surface area contributed by atoms with Crippen LogP contribution in [-0.4, -0.2) is 53.6 Å². The number of amides is 3. The standard InChI is InChI=1S/C18H20N2O4S/c1-24-14-7-5-13(6-8-14)11-15-17(22)20(18(23)25-15)12-16(21)19-9-3-2-4-10-19/h5-8,11H,2-4,9-10,12H2,1H3/b15-11-. The molecule has 0 bridgehead atoms. The Morgan fingerprint density at radius 3 is 2.48 bits per heavy atom. The third-order valence-electron chi connectivity index (χ3n) is 4.29. The van der Waals surface area contributed by atoms with Crippen LogP contribution in [0.15, 0.2) is 29.2 Å². The Hall–Kier alpha value is -2.28. The molecule has 2 heterocycles. The number of imide groups is 1. The average Bonchev–Trinajstić information content (AvgIpc) is 2.90. The maximum absolute atomic E-state index is 12.5. The molecule has 3 rings (SSSR count). The highest BCUT2D eigenvalue weighted by Crippen LogP contribution is 2.32. The summed E-state index contributed by atoms with van der Waals surface area (Å²) >= 11 is 0.872. The molecule has 0 radical (unpaired) electrons. The van der Waals surface area contributed by atoms with Crippen LogP contribution in [0.3, 0.4) is 0 Å². The molecule has 2 aliphatic heterocycles. The molecular formula is C18H20N2O4S. The van der Waals surface area contributed by atoms with Crippen molar-refractivity contribution >= 4 is 34.9 Å². The third-order valence-corrected chi connectivity index (χ3v) is 5.20. The largest absolute Gasteiger partial charge is 0.497 e. The zero-order valence-electron chi connectivity index (χ0n) is 14.1. The van der Waals surface area contributed by atoms with E-state index in [2.05, 4.69) is 0 Å². The molecule has 0 saturated carbocycles. The van der Waals surface area contributed by atoms with Gasteiger partial charge >= 0.3 is 0 Å². The predicted molar refractivity (Wildman–Crippen MR) is 96.1 cm³/mol. The van der Waals surface area contributed by atoms with E-state index in [4.69, 9.17) is 4.74 Å². The molecule has 2 saturated heterocycles. The van der Waals surface area contributed by atoms with Crippen LogP contribution < -0.4 is 4.74 Å². The fourth-order valence-electron chi connectivity index (χ4n) is 2.87. The van der Waals surface area contributed by atoms with E-state index in [0.29, 0.717) is 18.0 Å². The summed E-state index contributed by atoms with van der Waals surface area (Å²) < 4.78 is 5.10. The molecule has 6 nitrogen and oxygen atoms in total. The molecular weight excluding hydrogens is 340 g/mol. The van der Waals surface area contributed by atoms with Crippen LogP contribution in [0.25, 0.3) is 6.08 Å². The lowest BCUT2D eigenvalue weighted by molar-refractivity contribution is -0.136. The molecule has 0 aliphatic carbocycles. The Kier molecular flexibility index (Phi) is 5.43. The summed E-state index contributed by atoms with van der Waals surface area (Å²) in [5.74, 6) is 0.154. The van der Waals surface area contributed by atoms with E-state index >= 15 is 0 Å². The molecule has 0 atom stereocenters. The molecule has 2 fully saturated rings. The summed E-state index contributed by atoms with van der Waals surface area (Å²) in [6, 6.07) is 7.20. The lowest BCUT2D eigenvalue weighted by Crippen LogP contribution is -2.44. The molecule has 0 unspecified atom stereocenters. The monoisotopic (exact) mass is 360 g/mol. The summed E-state index contributed by atoms with van der Waals surface area (Å²) in [4.78, 5) is 40.1. The second-order valence-electron chi connectivity index (χ2n) is 5.98. The minimum Gasteiger partial charge on any atom is -0.497 e. The normalized spacial score (nSPS) is 19.6. The number of ether oxygens (including phenoxy) is 1.